The molecular weight excluding hydrogens is 167 g/mol. The molecule has 13 heavy (non-hydrogen) atoms. The SMILES string of the molecule is C[C@@H]1CC[C@H](c2ccc(F)cc2)O1. The van der Waals surface area contributed by atoms with E-state index in [-0.39, 0.29) is 11.9 Å². The lowest BCUT2D eigenvalue weighted by atomic mass is 10.1. The van der Waals surface area contributed by atoms with Crippen molar-refractivity contribution in [3.8, 4) is 0 Å². The van der Waals surface area contributed by atoms with Crippen molar-refractivity contribution in [2.24, 2.45) is 0 Å². The Morgan fingerprint density at radius 2 is 1.92 bits per heavy atom. The van der Waals surface area contributed by atoms with Crippen LogP contribution in [-0.2, 0) is 4.74 Å². The van der Waals surface area contributed by atoms with Crippen LogP contribution in [0, 0.1) is 5.82 Å². The van der Waals surface area contributed by atoms with E-state index in [1.165, 1.54) is 12.1 Å². The Morgan fingerprint density at radius 3 is 2.46 bits per heavy atom. The number of benzene rings is 1. The molecule has 1 fully saturated rings. The van der Waals surface area contributed by atoms with Crippen LogP contribution >= 0.6 is 0 Å². The molecule has 2 atom stereocenters. The van der Waals surface area contributed by atoms with Crippen LogP contribution in [0.1, 0.15) is 31.4 Å². The molecule has 0 amide bonds. The van der Waals surface area contributed by atoms with Crippen molar-refractivity contribution in [1.82, 2.24) is 0 Å². The van der Waals surface area contributed by atoms with Crippen LogP contribution in [0.3, 0.4) is 0 Å². The summed E-state index contributed by atoms with van der Waals surface area (Å²) in [7, 11) is 0. The molecule has 70 valence electrons. The van der Waals surface area contributed by atoms with E-state index in [0.717, 1.165) is 18.4 Å². The highest BCUT2D eigenvalue weighted by molar-refractivity contribution is 5.19. The first-order chi connectivity index (χ1) is 6.25. The van der Waals surface area contributed by atoms with Gasteiger partial charge in [-0.25, -0.2) is 4.39 Å². The third-order valence-electron chi connectivity index (χ3n) is 2.47. The van der Waals surface area contributed by atoms with Crippen molar-refractivity contribution in [2.75, 3.05) is 0 Å². The molecule has 0 radical (unpaired) electrons. The third-order valence-corrected chi connectivity index (χ3v) is 2.47. The van der Waals surface area contributed by atoms with Gasteiger partial charge in [0.25, 0.3) is 0 Å². The van der Waals surface area contributed by atoms with Crippen LogP contribution in [0.2, 0.25) is 0 Å². The van der Waals surface area contributed by atoms with E-state index in [2.05, 4.69) is 6.92 Å². The molecular formula is C11H13FO. The van der Waals surface area contributed by atoms with Crippen LogP contribution in [-0.4, -0.2) is 6.10 Å². The van der Waals surface area contributed by atoms with E-state index in [1.54, 1.807) is 12.1 Å². The molecule has 0 aromatic heterocycles. The summed E-state index contributed by atoms with van der Waals surface area (Å²) in [5, 5.41) is 0. The molecule has 1 heterocycles. The van der Waals surface area contributed by atoms with Crippen molar-refractivity contribution in [1.29, 1.82) is 0 Å². The summed E-state index contributed by atoms with van der Waals surface area (Å²) >= 11 is 0. The second-order valence-electron chi connectivity index (χ2n) is 3.56. The minimum atomic E-state index is -0.185. The lowest BCUT2D eigenvalue weighted by Crippen LogP contribution is -2.00. The second kappa shape index (κ2) is 3.46. The van der Waals surface area contributed by atoms with Crippen molar-refractivity contribution in [3.05, 3.63) is 35.6 Å². The maximum absolute atomic E-state index is 12.6. The van der Waals surface area contributed by atoms with Crippen LogP contribution < -0.4 is 0 Å². The zero-order valence-electron chi connectivity index (χ0n) is 7.66. The van der Waals surface area contributed by atoms with Gasteiger partial charge in [-0.05, 0) is 37.5 Å². The highest BCUT2D eigenvalue weighted by atomic mass is 19.1. The fraction of sp³-hybridized carbons (Fsp3) is 0.455. The summed E-state index contributed by atoms with van der Waals surface area (Å²) in [5.41, 5.74) is 1.09. The monoisotopic (exact) mass is 180 g/mol. The molecule has 0 saturated carbocycles. The molecule has 1 nitrogen and oxygen atoms in total. The number of hydrogen-bond donors (Lipinski definition) is 0. The van der Waals surface area contributed by atoms with Crippen molar-refractivity contribution < 1.29 is 9.13 Å². The summed E-state index contributed by atoms with van der Waals surface area (Å²) in [4.78, 5) is 0. The number of rotatable bonds is 1. The fourth-order valence-electron chi connectivity index (χ4n) is 1.73. The smallest absolute Gasteiger partial charge is 0.123 e. The van der Waals surface area contributed by atoms with Gasteiger partial charge in [-0.15, -0.1) is 0 Å². The Kier molecular flexibility index (Phi) is 2.32. The highest BCUT2D eigenvalue weighted by Crippen LogP contribution is 2.32. The van der Waals surface area contributed by atoms with E-state index >= 15 is 0 Å². The Bertz CT molecular complexity index is 281. The average Bonchev–Trinajstić information content (AvgIpc) is 2.53. The first-order valence-corrected chi connectivity index (χ1v) is 4.66. The van der Waals surface area contributed by atoms with E-state index in [1.807, 2.05) is 0 Å². The minimum absolute atomic E-state index is 0.176. The molecule has 0 bridgehead atoms. The predicted octanol–water partition coefficient (Wildman–Crippen LogP) is 3.07. The molecule has 0 N–H and O–H groups in total. The molecule has 0 spiro atoms. The van der Waals surface area contributed by atoms with E-state index < -0.39 is 0 Å². The highest BCUT2D eigenvalue weighted by Gasteiger charge is 2.22. The molecule has 1 aromatic carbocycles. The Labute approximate surface area is 77.5 Å². The van der Waals surface area contributed by atoms with Gasteiger partial charge < -0.3 is 4.74 Å². The van der Waals surface area contributed by atoms with Gasteiger partial charge in [0.1, 0.15) is 5.82 Å². The molecule has 1 aliphatic heterocycles. The molecule has 2 heteroatoms. The average molecular weight is 180 g/mol. The van der Waals surface area contributed by atoms with Gasteiger partial charge in [-0.3, -0.25) is 0 Å². The van der Waals surface area contributed by atoms with Crippen LogP contribution in [0.5, 0.6) is 0 Å². The van der Waals surface area contributed by atoms with Gasteiger partial charge in [-0.1, -0.05) is 12.1 Å². The summed E-state index contributed by atoms with van der Waals surface area (Å²) in [5.74, 6) is -0.185. The number of ether oxygens (including phenoxy) is 1. The standard InChI is InChI=1S/C11H13FO/c1-8-2-7-11(13-8)9-3-5-10(12)6-4-9/h3-6,8,11H,2,7H2,1H3/t8-,11-/m1/s1. The van der Waals surface area contributed by atoms with Crippen LogP contribution in [0.25, 0.3) is 0 Å². The molecule has 1 saturated heterocycles. The van der Waals surface area contributed by atoms with E-state index in [4.69, 9.17) is 4.74 Å². The van der Waals surface area contributed by atoms with Gasteiger partial charge in [0.2, 0.25) is 0 Å². The lowest BCUT2D eigenvalue weighted by molar-refractivity contribution is 0.0555. The topological polar surface area (TPSA) is 9.23 Å². The second-order valence-corrected chi connectivity index (χ2v) is 3.56. The molecule has 0 aliphatic carbocycles. The third kappa shape index (κ3) is 1.89. The molecule has 0 unspecified atom stereocenters. The first-order valence-electron chi connectivity index (χ1n) is 4.66. The number of halogens is 1. The summed E-state index contributed by atoms with van der Waals surface area (Å²) < 4.78 is 18.3. The van der Waals surface area contributed by atoms with Crippen molar-refractivity contribution >= 4 is 0 Å². The molecule has 1 aromatic rings. The largest absolute Gasteiger partial charge is 0.371 e. The zero-order valence-corrected chi connectivity index (χ0v) is 7.66. The Balaban J connectivity index is 2.13. The van der Waals surface area contributed by atoms with Crippen molar-refractivity contribution in [3.63, 3.8) is 0 Å². The first kappa shape index (κ1) is 8.70. The number of hydrogen-bond acceptors (Lipinski definition) is 1. The Morgan fingerprint density at radius 1 is 1.23 bits per heavy atom. The summed E-state index contributed by atoms with van der Waals surface area (Å²) in [6, 6.07) is 6.58. The van der Waals surface area contributed by atoms with Crippen LogP contribution in [0.4, 0.5) is 4.39 Å². The quantitative estimate of drug-likeness (QED) is 0.645. The lowest BCUT2D eigenvalue weighted by Gasteiger charge is -2.10. The van der Waals surface area contributed by atoms with Crippen molar-refractivity contribution in [2.45, 2.75) is 32.0 Å². The van der Waals surface area contributed by atoms with E-state index in [0.29, 0.717) is 6.10 Å². The predicted molar refractivity (Wildman–Crippen MR) is 48.9 cm³/mol. The van der Waals surface area contributed by atoms with E-state index in [9.17, 15) is 4.39 Å². The molecule has 1 aliphatic rings. The van der Waals surface area contributed by atoms with Gasteiger partial charge in [0.05, 0.1) is 12.2 Å². The fourth-order valence-corrected chi connectivity index (χ4v) is 1.73. The van der Waals surface area contributed by atoms with Gasteiger partial charge in [-0.2, -0.15) is 0 Å². The maximum Gasteiger partial charge on any atom is 0.123 e. The summed E-state index contributed by atoms with van der Waals surface area (Å²) in [6.07, 6.45) is 2.67. The van der Waals surface area contributed by atoms with Gasteiger partial charge >= 0.3 is 0 Å². The van der Waals surface area contributed by atoms with Gasteiger partial charge in [0, 0.05) is 0 Å². The zero-order chi connectivity index (χ0) is 9.26. The maximum atomic E-state index is 12.6. The van der Waals surface area contributed by atoms with Crippen LogP contribution in [0.15, 0.2) is 24.3 Å². The normalized spacial score (nSPS) is 27.8. The Hall–Kier alpha value is -0.890. The molecule has 2 rings (SSSR count). The van der Waals surface area contributed by atoms with Gasteiger partial charge in [0.15, 0.2) is 0 Å². The minimum Gasteiger partial charge on any atom is -0.371 e. The summed E-state index contributed by atoms with van der Waals surface area (Å²) in [6.45, 7) is 2.07.